The molecule has 0 nitrogen and oxygen atoms in total. The molecule has 0 aromatic carbocycles. The van der Waals surface area contributed by atoms with Crippen LogP contribution in [0.15, 0.2) is 71.9 Å². The van der Waals surface area contributed by atoms with Crippen LogP contribution in [0.25, 0.3) is 0 Å². The van der Waals surface area contributed by atoms with Crippen molar-refractivity contribution in [1.29, 1.82) is 0 Å². The Morgan fingerprint density at radius 3 is 1.34 bits per heavy atom. The third-order valence-corrected chi connectivity index (χ3v) is 6.41. The van der Waals surface area contributed by atoms with Crippen molar-refractivity contribution in [2.75, 3.05) is 0 Å². The Hall–Kier alpha value is -1.56. The SMILES string of the molecule is CCCC=CC(C)=C(C=CCCC)C(C)(C=CCCC)C(C)(C=CCCC)C=CCCC. The van der Waals surface area contributed by atoms with Crippen molar-refractivity contribution in [2.45, 2.75) is 120 Å². The second kappa shape index (κ2) is 17.9. The average molecular weight is 439 g/mol. The number of unbranched alkanes of at least 4 members (excludes halogenated alkanes) is 5. The highest BCUT2D eigenvalue weighted by Crippen LogP contribution is 2.50. The van der Waals surface area contributed by atoms with Gasteiger partial charge in [0.25, 0.3) is 0 Å². The van der Waals surface area contributed by atoms with Gasteiger partial charge >= 0.3 is 0 Å². The zero-order chi connectivity index (χ0) is 24.3. The summed E-state index contributed by atoms with van der Waals surface area (Å²) in [6, 6.07) is 0. The van der Waals surface area contributed by atoms with E-state index in [0.717, 1.165) is 32.1 Å². The van der Waals surface area contributed by atoms with Gasteiger partial charge in [-0.2, -0.15) is 0 Å². The van der Waals surface area contributed by atoms with Gasteiger partial charge in [0.2, 0.25) is 0 Å². The molecule has 0 saturated carbocycles. The first-order chi connectivity index (χ1) is 15.4. The molecule has 0 aliphatic carbocycles. The molecule has 32 heavy (non-hydrogen) atoms. The van der Waals surface area contributed by atoms with Crippen molar-refractivity contribution in [1.82, 2.24) is 0 Å². The maximum absolute atomic E-state index is 2.51. The quantitative estimate of drug-likeness (QED) is 0.156. The van der Waals surface area contributed by atoms with Crippen LogP contribution in [0.3, 0.4) is 0 Å². The molecule has 0 rings (SSSR count). The molecule has 0 N–H and O–H groups in total. The molecular weight excluding hydrogens is 384 g/mol. The maximum atomic E-state index is 2.51. The predicted octanol–water partition coefficient (Wildman–Crippen LogP) is 11.1. The first-order valence-electron chi connectivity index (χ1n) is 13.4. The Kier molecular flexibility index (Phi) is 17.1. The van der Waals surface area contributed by atoms with Crippen LogP contribution in [0.5, 0.6) is 0 Å². The van der Waals surface area contributed by atoms with Gasteiger partial charge < -0.3 is 0 Å². The van der Waals surface area contributed by atoms with Gasteiger partial charge in [-0.15, -0.1) is 0 Å². The molecule has 182 valence electrons. The fraction of sp³-hybridized carbons (Fsp3) is 0.625. The zero-order valence-corrected chi connectivity index (χ0v) is 22.8. The van der Waals surface area contributed by atoms with E-state index in [0.29, 0.717) is 0 Å². The van der Waals surface area contributed by atoms with E-state index < -0.39 is 0 Å². The van der Waals surface area contributed by atoms with E-state index in [2.05, 4.69) is 116 Å². The van der Waals surface area contributed by atoms with Gasteiger partial charge in [-0.25, -0.2) is 0 Å². The first kappa shape index (κ1) is 30.4. The summed E-state index contributed by atoms with van der Waals surface area (Å²) in [5, 5.41) is 0. The standard InChI is InChI=1S/C32H54/c1-9-14-19-24-29(6)30(25-20-15-10-2)32(8,28-23-18-13-5)31(7,26-21-16-11-3)27-22-17-12-4/h19-28H,9-18H2,1-8H3. The van der Waals surface area contributed by atoms with Gasteiger partial charge in [0.1, 0.15) is 0 Å². The summed E-state index contributed by atoms with van der Waals surface area (Å²) in [4.78, 5) is 0. The van der Waals surface area contributed by atoms with Crippen LogP contribution in [0.2, 0.25) is 0 Å². The van der Waals surface area contributed by atoms with Crippen LogP contribution in [0.4, 0.5) is 0 Å². The van der Waals surface area contributed by atoms with Crippen LogP contribution in [0, 0.1) is 10.8 Å². The molecule has 0 saturated heterocycles. The summed E-state index contributed by atoms with van der Waals surface area (Å²) < 4.78 is 0. The van der Waals surface area contributed by atoms with E-state index >= 15 is 0 Å². The van der Waals surface area contributed by atoms with E-state index in [1.165, 1.54) is 43.3 Å². The summed E-state index contributed by atoms with van der Waals surface area (Å²) in [5.74, 6) is 0. The lowest BCUT2D eigenvalue weighted by atomic mass is 9.59. The van der Waals surface area contributed by atoms with Gasteiger partial charge in [-0.05, 0) is 50.2 Å². The van der Waals surface area contributed by atoms with E-state index in [4.69, 9.17) is 0 Å². The van der Waals surface area contributed by atoms with E-state index in [-0.39, 0.29) is 10.8 Å². The zero-order valence-electron chi connectivity index (χ0n) is 22.8. The second-order valence-corrected chi connectivity index (χ2v) is 9.54. The fourth-order valence-corrected chi connectivity index (χ4v) is 4.04. The minimum atomic E-state index is -0.123. The molecule has 0 heterocycles. The van der Waals surface area contributed by atoms with Crippen LogP contribution in [-0.2, 0) is 0 Å². The smallest absolute Gasteiger partial charge is 0.0229 e. The molecule has 0 aromatic rings. The molecular formula is C32H54. The lowest BCUT2D eigenvalue weighted by molar-refractivity contribution is 0.298. The van der Waals surface area contributed by atoms with Crippen molar-refractivity contribution in [3.05, 3.63) is 71.9 Å². The van der Waals surface area contributed by atoms with E-state index in [1.54, 1.807) is 0 Å². The summed E-state index contributed by atoms with van der Waals surface area (Å²) in [6.45, 7) is 18.5. The Labute approximate surface area is 202 Å². The Balaban J connectivity index is 6.89. The van der Waals surface area contributed by atoms with E-state index in [1.807, 2.05) is 0 Å². The topological polar surface area (TPSA) is 0 Å². The van der Waals surface area contributed by atoms with Crippen molar-refractivity contribution >= 4 is 0 Å². The molecule has 0 aliphatic rings. The van der Waals surface area contributed by atoms with Gasteiger partial charge in [-0.3, -0.25) is 0 Å². The molecule has 0 spiro atoms. The molecule has 1 unspecified atom stereocenters. The number of rotatable bonds is 17. The summed E-state index contributed by atoms with van der Waals surface area (Å²) in [7, 11) is 0. The first-order valence-corrected chi connectivity index (χ1v) is 13.4. The molecule has 0 aliphatic heterocycles. The Morgan fingerprint density at radius 2 is 0.906 bits per heavy atom. The van der Waals surface area contributed by atoms with Crippen molar-refractivity contribution in [3.8, 4) is 0 Å². The highest BCUT2D eigenvalue weighted by molar-refractivity contribution is 5.44. The molecule has 0 radical (unpaired) electrons. The highest BCUT2D eigenvalue weighted by Gasteiger charge is 2.41. The fourth-order valence-electron chi connectivity index (χ4n) is 4.04. The largest absolute Gasteiger partial charge is 0.0876 e. The molecule has 0 aromatic heterocycles. The monoisotopic (exact) mass is 438 g/mol. The van der Waals surface area contributed by atoms with Crippen molar-refractivity contribution in [3.63, 3.8) is 0 Å². The Bertz CT molecular complexity index is 634. The molecule has 0 fully saturated rings. The van der Waals surface area contributed by atoms with Gasteiger partial charge in [0.15, 0.2) is 0 Å². The highest BCUT2D eigenvalue weighted by atomic mass is 14.4. The Morgan fingerprint density at radius 1 is 0.531 bits per heavy atom. The minimum Gasteiger partial charge on any atom is -0.0876 e. The lowest BCUT2D eigenvalue weighted by Gasteiger charge is -2.43. The number of hydrogen-bond acceptors (Lipinski definition) is 0. The van der Waals surface area contributed by atoms with Crippen molar-refractivity contribution in [2.24, 2.45) is 10.8 Å². The minimum absolute atomic E-state index is 0.0900. The predicted molar refractivity (Wildman–Crippen MR) is 149 cm³/mol. The summed E-state index contributed by atoms with van der Waals surface area (Å²) in [6.07, 6.45) is 35.8. The normalized spacial score (nSPS) is 17.8. The van der Waals surface area contributed by atoms with Gasteiger partial charge in [0.05, 0.1) is 0 Å². The van der Waals surface area contributed by atoms with E-state index in [9.17, 15) is 0 Å². The van der Waals surface area contributed by atoms with Crippen molar-refractivity contribution < 1.29 is 0 Å². The molecule has 0 bridgehead atoms. The van der Waals surface area contributed by atoms with Gasteiger partial charge in [0, 0.05) is 10.8 Å². The number of allylic oxidation sites excluding steroid dienone is 12. The van der Waals surface area contributed by atoms with Crippen LogP contribution >= 0.6 is 0 Å². The number of hydrogen-bond donors (Lipinski definition) is 0. The maximum Gasteiger partial charge on any atom is 0.0229 e. The lowest BCUT2D eigenvalue weighted by Crippen LogP contribution is -2.35. The second-order valence-electron chi connectivity index (χ2n) is 9.54. The molecule has 1 atom stereocenters. The molecule has 0 heteroatoms. The third kappa shape index (κ3) is 10.4. The average Bonchev–Trinajstić information content (AvgIpc) is 2.77. The summed E-state index contributed by atoms with van der Waals surface area (Å²) in [5.41, 5.74) is 2.61. The third-order valence-electron chi connectivity index (χ3n) is 6.41. The summed E-state index contributed by atoms with van der Waals surface area (Å²) >= 11 is 0. The van der Waals surface area contributed by atoms with Crippen LogP contribution in [0.1, 0.15) is 120 Å². The van der Waals surface area contributed by atoms with Crippen LogP contribution in [-0.4, -0.2) is 0 Å². The van der Waals surface area contributed by atoms with Crippen LogP contribution < -0.4 is 0 Å². The molecule has 0 amide bonds. The van der Waals surface area contributed by atoms with Gasteiger partial charge in [-0.1, -0.05) is 141 Å².